The second kappa shape index (κ2) is 7.75. The van der Waals surface area contributed by atoms with Crippen LogP contribution >= 0.6 is 11.3 Å². The highest BCUT2D eigenvalue weighted by Gasteiger charge is 2.22. The molecule has 2 aromatic heterocycles. The van der Waals surface area contributed by atoms with Gasteiger partial charge in [0.1, 0.15) is 12.3 Å². The zero-order chi connectivity index (χ0) is 16.1. The molecule has 0 atom stereocenters. The Hall–Kier alpha value is -1.66. The fourth-order valence-electron chi connectivity index (χ4n) is 2.93. The summed E-state index contributed by atoms with van der Waals surface area (Å²) in [6.45, 7) is 0.382. The molecule has 0 unspecified atom stereocenters. The van der Waals surface area contributed by atoms with Gasteiger partial charge in [0, 0.05) is 19.2 Å². The van der Waals surface area contributed by atoms with Crippen molar-refractivity contribution >= 4 is 17.2 Å². The average molecular weight is 334 g/mol. The van der Waals surface area contributed by atoms with Crippen LogP contribution < -0.4 is 0 Å². The van der Waals surface area contributed by atoms with Gasteiger partial charge < -0.3 is 14.2 Å². The zero-order valence-corrected chi connectivity index (χ0v) is 14.2. The standard InChI is InChI=1S/C17H22N2O3S/c1-19(14-6-3-2-4-7-14)17(20)12-21-11-13-10-15(22-18-13)16-8-5-9-23-16/h5,8-10,14H,2-4,6-7,11-12H2,1H3. The van der Waals surface area contributed by atoms with Crippen molar-refractivity contribution in [3.05, 3.63) is 29.3 Å². The topological polar surface area (TPSA) is 55.6 Å². The molecular weight excluding hydrogens is 312 g/mol. The Kier molecular flexibility index (Phi) is 5.46. The smallest absolute Gasteiger partial charge is 0.248 e. The number of ether oxygens (including phenoxy) is 1. The van der Waals surface area contributed by atoms with E-state index in [0.29, 0.717) is 18.3 Å². The minimum atomic E-state index is 0.0406. The molecule has 6 heteroatoms. The van der Waals surface area contributed by atoms with E-state index in [9.17, 15) is 4.79 Å². The van der Waals surface area contributed by atoms with Crippen LogP contribution in [0.3, 0.4) is 0 Å². The molecule has 0 aromatic carbocycles. The minimum Gasteiger partial charge on any atom is -0.365 e. The molecule has 2 heterocycles. The summed E-state index contributed by atoms with van der Waals surface area (Å²) >= 11 is 1.60. The molecule has 0 bridgehead atoms. The maximum absolute atomic E-state index is 12.2. The summed E-state index contributed by atoms with van der Waals surface area (Å²) in [6, 6.07) is 6.19. The molecule has 0 N–H and O–H groups in total. The first kappa shape index (κ1) is 16.2. The molecule has 5 nitrogen and oxygen atoms in total. The lowest BCUT2D eigenvalue weighted by Crippen LogP contribution is -2.40. The van der Waals surface area contributed by atoms with Gasteiger partial charge in [-0.05, 0) is 24.3 Å². The van der Waals surface area contributed by atoms with Crippen LogP contribution in [0.25, 0.3) is 10.6 Å². The van der Waals surface area contributed by atoms with Crippen molar-refractivity contribution in [3.63, 3.8) is 0 Å². The van der Waals surface area contributed by atoms with Gasteiger partial charge in [0.2, 0.25) is 5.91 Å². The summed E-state index contributed by atoms with van der Waals surface area (Å²) in [5.41, 5.74) is 0.710. The first-order valence-electron chi connectivity index (χ1n) is 8.07. The fourth-order valence-corrected chi connectivity index (χ4v) is 3.60. The lowest BCUT2D eigenvalue weighted by Gasteiger charge is -2.31. The predicted octanol–water partition coefficient (Wildman–Crippen LogP) is 3.71. The van der Waals surface area contributed by atoms with Crippen molar-refractivity contribution in [2.24, 2.45) is 0 Å². The van der Waals surface area contributed by atoms with Crippen molar-refractivity contribution in [2.75, 3.05) is 13.7 Å². The summed E-state index contributed by atoms with van der Waals surface area (Å²) < 4.78 is 10.8. The minimum absolute atomic E-state index is 0.0406. The Morgan fingerprint density at radius 3 is 3.00 bits per heavy atom. The van der Waals surface area contributed by atoms with Gasteiger partial charge in [-0.25, -0.2) is 0 Å². The summed E-state index contributed by atoms with van der Waals surface area (Å²) in [6.07, 6.45) is 5.93. The van der Waals surface area contributed by atoms with Gasteiger partial charge in [0.25, 0.3) is 0 Å². The van der Waals surface area contributed by atoms with Crippen LogP contribution in [0.5, 0.6) is 0 Å². The van der Waals surface area contributed by atoms with Crippen LogP contribution in [-0.2, 0) is 16.1 Å². The van der Waals surface area contributed by atoms with E-state index in [2.05, 4.69) is 5.16 Å². The molecule has 1 saturated carbocycles. The third-order valence-electron chi connectivity index (χ3n) is 4.31. The second-order valence-corrected chi connectivity index (χ2v) is 6.90. The molecule has 1 amide bonds. The van der Waals surface area contributed by atoms with E-state index >= 15 is 0 Å². The highest BCUT2D eigenvalue weighted by molar-refractivity contribution is 7.13. The van der Waals surface area contributed by atoms with Gasteiger partial charge in [-0.15, -0.1) is 11.3 Å². The van der Waals surface area contributed by atoms with E-state index in [4.69, 9.17) is 9.26 Å². The van der Waals surface area contributed by atoms with E-state index in [-0.39, 0.29) is 12.5 Å². The first-order chi connectivity index (χ1) is 11.2. The SMILES string of the molecule is CN(C(=O)COCc1cc(-c2cccs2)on1)C1CCCCC1. The van der Waals surface area contributed by atoms with Crippen molar-refractivity contribution < 1.29 is 14.1 Å². The highest BCUT2D eigenvalue weighted by atomic mass is 32.1. The maximum Gasteiger partial charge on any atom is 0.248 e. The zero-order valence-electron chi connectivity index (χ0n) is 13.4. The molecule has 3 rings (SSSR count). The Labute approximate surface area is 140 Å². The Bertz CT molecular complexity index is 618. The number of likely N-dealkylation sites (N-methyl/N-ethyl adjacent to an activating group) is 1. The van der Waals surface area contributed by atoms with Crippen LogP contribution in [0.4, 0.5) is 0 Å². The number of nitrogens with zero attached hydrogens (tertiary/aromatic N) is 2. The van der Waals surface area contributed by atoms with Gasteiger partial charge >= 0.3 is 0 Å². The van der Waals surface area contributed by atoms with E-state index in [0.717, 1.165) is 23.5 Å². The van der Waals surface area contributed by atoms with Crippen molar-refractivity contribution in [3.8, 4) is 10.6 Å². The monoisotopic (exact) mass is 334 g/mol. The molecule has 1 aliphatic rings. The molecule has 0 spiro atoms. The molecular formula is C17H22N2O3S. The quantitative estimate of drug-likeness (QED) is 0.808. The average Bonchev–Trinajstić information content (AvgIpc) is 3.26. The van der Waals surface area contributed by atoms with Crippen LogP contribution in [0.15, 0.2) is 28.1 Å². The normalized spacial score (nSPS) is 15.7. The molecule has 23 heavy (non-hydrogen) atoms. The van der Waals surface area contributed by atoms with E-state index in [1.54, 1.807) is 11.3 Å². The molecule has 0 aliphatic heterocycles. The Morgan fingerprint density at radius 2 is 2.26 bits per heavy atom. The predicted molar refractivity (Wildman–Crippen MR) is 89.1 cm³/mol. The molecule has 1 fully saturated rings. The molecule has 0 saturated heterocycles. The third-order valence-corrected chi connectivity index (χ3v) is 5.20. The van der Waals surface area contributed by atoms with E-state index < -0.39 is 0 Å². The van der Waals surface area contributed by atoms with Gasteiger partial charge in [-0.2, -0.15) is 0 Å². The molecule has 1 aliphatic carbocycles. The van der Waals surface area contributed by atoms with Gasteiger partial charge in [-0.3, -0.25) is 4.79 Å². The Balaban J connectivity index is 1.44. The number of amides is 1. The lowest BCUT2D eigenvalue weighted by molar-refractivity contribution is -0.138. The number of thiophene rings is 1. The summed E-state index contributed by atoms with van der Waals surface area (Å²) in [5, 5.41) is 5.98. The molecule has 0 radical (unpaired) electrons. The van der Waals surface area contributed by atoms with E-state index in [1.807, 2.05) is 35.5 Å². The maximum atomic E-state index is 12.2. The number of aromatic nitrogens is 1. The highest BCUT2D eigenvalue weighted by Crippen LogP contribution is 2.25. The molecule has 2 aromatic rings. The number of hydrogen-bond acceptors (Lipinski definition) is 5. The summed E-state index contributed by atoms with van der Waals surface area (Å²) in [5.74, 6) is 0.781. The van der Waals surface area contributed by atoms with Gasteiger partial charge in [0.15, 0.2) is 5.76 Å². The second-order valence-electron chi connectivity index (χ2n) is 5.95. The third kappa shape index (κ3) is 4.20. The Morgan fingerprint density at radius 1 is 1.43 bits per heavy atom. The summed E-state index contributed by atoms with van der Waals surface area (Å²) in [4.78, 5) is 15.1. The summed E-state index contributed by atoms with van der Waals surface area (Å²) in [7, 11) is 1.88. The fraction of sp³-hybridized carbons (Fsp3) is 0.529. The lowest BCUT2D eigenvalue weighted by atomic mass is 9.94. The van der Waals surface area contributed by atoms with Gasteiger partial charge in [0.05, 0.1) is 11.5 Å². The number of carbonyl (C=O) groups is 1. The van der Waals surface area contributed by atoms with Crippen LogP contribution in [-0.4, -0.2) is 35.7 Å². The van der Waals surface area contributed by atoms with Crippen molar-refractivity contribution in [2.45, 2.75) is 44.8 Å². The van der Waals surface area contributed by atoms with Gasteiger partial charge in [-0.1, -0.05) is 30.5 Å². The van der Waals surface area contributed by atoms with Crippen molar-refractivity contribution in [1.29, 1.82) is 0 Å². The molecule has 124 valence electrons. The largest absolute Gasteiger partial charge is 0.365 e. The first-order valence-corrected chi connectivity index (χ1v) is 8.95. The number of rotatable bonds is 6. The van der Waals surface area contributed by atoms with Crippen LogP contribution in [0.2, 0.25) is 0 Å². The number of hydrogen-bond donors (Lipinski definition) is 0. The number of carbonyl (C=O) groups excluding carboxylic acids is 1. The van der Waals surface area contributed by atoms with Crippen molar-refractivity contribution in [1.82, 2.24) is 10.1 Å². The van der Waals surface area contributed by atoms with Crippen LogP contribution in [0.1, 0.15) is 37.8 Å². The van der Waals surface area contributed by atoms with E-state index in [1.165, 1.54) is 19.3 Å². The van der Waals surface area contributed by atoms with Crippen LogP contribution in [0, 0.1) is 0 Å².